The lowest BCUT2D eigenvalue weighted by Crippen LogP contribution is -1.88. The van der Waals surface area contributed by atoms with Gasteiger partial charge in [-0.2, -0.15) is 0 Å². The molecule has 0 bridgehead atoms. The topological polar surface area (TPSA) is 26.0 Å². The molecular formula is C8H6FNS2. The van der Waals surface area contributed by atoms with Gasteiger partial charge in [0.15, 0.2) is 0 Å². The summed E-state index contributed by atoms with van der Waals surface area (Å²) in [6, 6.07) is 3.05. The molecule has 0 aliphatic rings. The molecule has 2 N–H and O–H groups in total. The van der Waals surface area contributed by atoms with E-state index in [4.69, 9.17) is 5.73 Å². The van der Waals surface area contributed by atoms with E-state index >= 15 is 0 Å². The molecule has 1 aromatic carbocycles. The van der Waals surface area contributed by atoms with Gasteiger partial charge >= 0.3 is 0 Å². The predicted octanol–water partition coefficient (Wildman–Crippen LogP) is 2.91. The summed E-state index contributed by atoms with van der Waals surface area (Å²) in [6.45, 7) is 0. The smallest absolute Gasteiger partial charge is 0.146 e. The minimum Gasteiger partial charge on any atom is -0.396 e. The average Bonchev–Trinajstić information content (AvgIpc) is 2.35. The van der Waals surface area contributed by atoms with E-state index in [-0.39, 0.29) is 11.5 Å². The molecule has 0 spiro atoms. The molecule has 2 aromatic rings. The van der Waals surface area contributed by atoms with E-state index in [1.54, 1.807) is 6.07 Å². The van der Waals surface area contributed by atoms with Crippen LogP contribution in [0.2, 0.25) is 0 Å². The van der Waals surface area contributed by atoms with E-state index in [0.29, 0.717) is 0 Å². The van der Waals surface area contributed by atoms with Gasteiger partial charge in [0.1, 0.15) is 5.82 Å². The molecule has 1 nitrogen and oxygen atoms in total. The van der Waals surface area contributed by atoms with Gasteiger partial charge in [0.25, 0.3) is 0 Å². The zero-order chi connectivity index (χ0) is 8.72. The van der Waals surface area contributed by atoms with Gasteiger partial charge in [0.2, 0.25) is 0 Å². The monoisotopic (exact) mass is 199 g/mol. The molecule has 0 aliphatic carbocycles. The molecule has 0 unspecified atom stereocenters. The number of anilines is 1. The highest BCUT2D eigenvalue weighted by atomic mass is 32.1. The van der Waals surface area contributed by atoms with Crippen LogP contribution in [0.1, 0.15) is 0 Å². The van der Waals surface area contributed by atoms with Crippen LogP contribution in [-0.2, 0) is 0 Å². The maximum absolute atomic E-state index is 13.0. The Balaban J connectivity index is 2.87. The summed E-state index contributed by atoms with van der Waals surface area (Å²) in [4.78, 5) is 0.800. The summed E-state index contributed by atoms with van der Waals surface area (Å²) < 4.78 is 13.9. The number of benzene rings is 1. The van der Waals surface area contributed by atoms with Crippen LogP contribution in [0.25, 0.3) is 10.1 Å². The maximum Gasteiger partial charge on any atom is 0.146 e. The highest BCUT2D eigenvalue weighted by Crippen LogP contribution is 2.31. The van der Waals surface area contributed by atoms with Crippen molar-refractivity contribution in [3.63, 3.8) is 0 Å². The van der Waals surface area contributed by atoms with Gasteiger partial charge in [-0.1, -0.05) is 0 Å². The molecule has 4 heteroatoms. The predicted molar refractivity (Wildman–Crippen MR) is 53.4 cm³/mol. The number of nitrogens with two attached hydrogens (primary N) is 1. The fraction of sp³-hybridized carbons (Fsp3) is 0. The molecule has 0 radical (unpaired) electrons. The van der Waals surface area contributed by atoms with Crippen LogP contribution in [0.15, 0.2) is 22.4 Å². The normalized spacial score (nSPS) is 10.8. The number of nitrogen functional groups attached to an aromatic ring is 1. The van der Waals surface area contributed by atoms with Crippen molar-refractivity contribution in [2.45, 2.75) is 4.90 Å². The Bertz CT molecular complexity index is 436. The molecule has 0 saturated heterocycles. The molecule has 0 fully saturated rings. The first-order chi connectivity index (χ1) is 5.68. The van der Waals surface area contributed by atoms with Crippen molar-refractivity contribution in [3.8, 4) is 0 Å². The van der Waals surface area contributed by atoms with E-state index in [9.17, 15) is 4.39 Å². The van der Waals surface area contributed by atoms with Crippen molar-refractivity contribution in [1.82, 2.24) is 0 Å². The third-order valence-electron chi connectivity index (χ3n) is 1.67. The Kier molecular flexibility index (Phi) is 1.73. The Morgan fingerprint density at radius 3 is 2.92 bits per heavy atom. The van der Waals surface area contributed by atoms with E-state index in [1.807, 2.05) is 5.38 Å². The Labute approximate surface area is 78.4 Å². The highest BCUT2D eigenvalue weighted by molar-refractivity contribution is 7.80. The summed E-state index contributed by atoms with van der Waals surface area (Å²) >= 11 is 5.70. The van der Waals surface area contributed by atoms with E-state index in [1.165, 1.54) is 17.4 Å². The third kappa shape index (κ3) is 1.07. The molecule has 0 amide bonds. The minimum absolute atomic E-state index is 0.192. The van der Waals surface area contributed by atoms with Crippen LogP contribution in [0.4, 0.5) is 10.1 Å². The maximum atomic E-state index is 13.0. The summed E-state index contributed by atoms with van der Waals surface area (Å²) in [5, 5.41) is 2.70. The molecule has 0 saturated carbocycles. The van der Waals surface area contributed by atoms with Gasteiger partial charge in [0, 0.05) is 20.4 Å². The van der Waals surface area contributed by atoms with Crippen LogP contribution < -0.4 is 5.73 Å². The highest BCUT2D eigenvalue weighted by Gasteiger charge is 2.04. The van der Waals surface area contributed by atoms with Gasteiger partial charge in [-0.15, -0.1) is 24.0 Å². The van der Waals surface area contributed by atoms with Gasteiger partial charge in [-0.25, -0.2) is 4.39 Å². The SMILES string of the molecule is Nc1cc2scc(S)c2cc1F. The molecule has 1 aromatic heterocycles. The lowest BCUT2D eigenvalue weighted by molar-refractivity contribution is 0.634. The minimum atomic E-state index is -0.379. The average molecular weight is 199 g/mol. The lowest BCUT2D eigenvalue weighted by atomic mass is 10.2. The van der Waals surface area contributed by atoms with Gasteiger partial charge in [0.05, 0.1) is 5.69 Å². The quantitative estimate of drug-likeness (QED) is 0.495. The van der Waals surface area contributed by atoms with Crippen LogP contribution in [-0.4, -0.2) is 0 Å². The van der Waals surface area contributed by atoms with Crippen molar-refractivity contribution in [1.29, 1.82) is 0 Å². The van der Waals surface area contributed by atoms with E-state index in [2.05, 4.69) is 12.6 Å². The molecule has 1 heterocycles. The van der Waals surface area contributed by atoms with Gasteiger partial charge in [-0.3, -0.25) is 0 Å². The van der Waals surface area contributed by atoms with Crippen molar-refractivity contribution in [3.05, 3.63) is 23.3 Å². The standard InChI is InChI=1S/C8H6FNS2/c9-5-1-4-7(11)3-12-8(4)2-6(5)10/h1-3,11H,10H2. The fourth-order valence-corrected chi connectivity index (χ4v) is 2.32. The van der Waals surface area contributed by atoms with Crippen molar-refractivity contribution >= 4 is 39.7 Å². The van der Waals surface area contributed by atoms with Crippen LogP contribution >= 0.6 is 24.0 Å². The molecule has 12 heavy (non-hydrogen) atoms. The Hall–Kier alpha value is -0.740. The van der Waals surface area contributed by atoms with Crippen LogP contribution in [0, 0.1) is 5.82 Å². The number of hydrogen-bond donors (Lipinski definition) is 2. The molecular weight excluding hydrogens is 193 g/mol. The number of halogens is 1. The summed E-state index contributed by atoms with van der Waals surface area (Å²) in [5.74, 6) is -0.379. The largest absolute Gasteiger partial charge is 0.396 e. The summed E-state index contributed by atoms with van der Waals surface area (Å²) in [7, 11) is 0. The molecule has 0 atom stereocenters. The number of thiophene rings is 1. The summed E-state index contributed by atoms with van der Waals surface area (Å²) in [5.41, 5.74) is 5.59. The van der Waals surface area contributed by atoms with E-state index < -0.39 is 0 Å². The molecule has 0 aliphatic heterocycles. The number of thiol groups is 1. The lowest BCUT2D eigenvalue weighted by Gasteiger charge is -1.96. The Morgan fingerprint density at radius 2 is 2.17 bits per heavy atom. The number of rotatable bonds is 0. The van der Waals surface area contributed by atoms with Gasteiger partial charge < -0.3 is 5.73 Å². The zero-order valence-corrected chi connectivity index (χ0v) is 7.75. The summed E-state index contributed by atoms with van der Waals surface area (Å²) in [6.07, 6.45) is 0. The van der Waals surface area contributed by atoms with Crippen LogP contribution in [0.3, 0.4) is 0 Å². The first-order valence-corrected chi connectivity index (χ1v) is 4.66. The van der Waals surface area contributed by atoms with E-state index in [0.717, 1.165) is 15.0 Å². The first-order valence-electron chi connectivity index (χ1n) is 3.33. The van der Waals surface area contributed by atoms with Gasteiger partial charge in [-0.05, 0) is 12.1 Å². The second-order valence-corrected chi connectivity index (χ2v) is 3.88. The fourth-order valence-electron chi connectivity index (χ4n) is 1.05. The second-order valence-electron chi connectivity index (χ2n) is 2.49. The van der Waals surface area contributed by atoms with Crippen LogP contribution in [0.5, 0.6) is 0 Å². The van der Waals surface area contributed by atoms with Crippen molar-refractivity contribution < 1.29 is 4.39 Å². The first kappa shape index (κ1) is 7.89. The zero-order valence-electron chi connectivity index (χ0n) is 6.04. The van der Waals surface area contributed by atoms with Crippen molar-refractivity contribution in [2.24, 2.45) is 0 Å². The molecule has 2 rings (SSSR count). The van der Waals surface area contributed by atoms with Crippen molar-refractivity contribution in [2.75, 3.05) is 5.73 Å². The Morgan fingerprint density at radius 1 is 1.42 bits per heavy atom. The second kappa shape index (κ2) is 2.64. The third-order valence-corrected chi connectivity index (χ3v) is 3.16. The molecule has 62 valence electrons. The number of fused-ring (bicyclic) bond motifs is 1. The number of hydrogen-bond acceptors (Lipinski definition) is 3.